The molecular weight excluding hydrogens is 690 g/mol. The van der Waals surface area contributed by atoms with Crippen molar-refractivity contribution in [3.63, 3.8) is 0 Å². The molecule has 2 amide bonds. The van der Waals surface area contributed by atoms with Gasteiger partial charge in [-0.05, 0) is 55.4 Å². The zero-order chi connectivity index (χ0) is 36.1. The Morgan fingerprint density at radius 1 is 1.08 bits per heavy atom. The molecule has 0 bridgehead atoms. The number of amides is 2. The Labute approximate surface area is 294 Å². The Morgan fingerprint density at radius 3 is 2.48 bits per heavy atom. The van der Waals surface area contributed by atoms with Crippen LogP contribution in [0.1, 0.15) is 30.2 Å². The molecule has 3 aliphatic heterocycles. The van der Waals surface area contributed by atoms with E-state index in [2.05, 4.69) is 15.6 Å². The van der Waals surface area contributed by atoms with Gasteiger partial charge in [0.15, 0.2) is 26.3 Å². The minimum atomic E-state index is -2.90. The van der Waals surface area contributed by atoms with Crippen molar-refractivity contribution in [2.45, 2.75) is 93.9 Å². The SMILES string of the molecule is C[C@@H]1[C@@H]([Si](C)(C)O)[C@H](CCn2cc(CCO)nn2)O[C@@]12C(=O)N(Cc1ccc(NC(=O)[C@H]3O[C@@H](O)[C@H](O)[C@@H](O)[C@@H]3O)cc1)c1ccc(Cl)cc12. The zero-order valence-electron chi connectivity index (χ0n) is 27.8. The summed E-state index contributed by atoms with van der Waals surface area (Å²) in [4.78, 5) is 40.6. The Bertz CT molecular complexity index is 1720. The lowest BCUT2D eigenvalue weighted by molar-refractivity contribution is -0.274. The maximum absolute atomic E-state index is 14.7. The first-order chi connectivity index (χ1) is 23.6. The lowest BCUT2D eigenvalue weighted by atomic mass is 9.82. The number of aromatic nitrogens is 3. The summed E-state index contributed by atoms with van der Waals surface area (Å²) in [6.45, 7) is 6.20. The van der Waals surface area contributed by atoms with Crippen molar-refractivity contribution in [3.05, 3.63) is 70.5 Å². The van der Waals surface area contributed by atoms with Gasteiger partial charge in [-0.15, -0.1) is 5.10 Å². The molecule has 0 radical (unpaired) electrons. The number of aliphatic hydroxyl groups excluding tert-OH is 5. The van der Waals surface area contributed by atoms with Crippen LogP contribution in [0.15, 0.2) is 48.7 Å². The van der Waals surface area contributed by atoms with Gasteiger partial charge in [0.1, 0.15) is 18.3 Å². The normalized spacial score (nSPS) is 31.0. The summed E-state index contributed by atoms with van der Waals surface area (Å²) in [7, 11) is -2.90. The number of ether oxygens (including phenoxy) is 2. The van der Waals surface area contributed by atoms with E-state index in [1.54, 1.807) is 58.2 Å². The average molecular weight is 732 g/mol. The van der Waals surface area contributed by atoms with E-state index in [-0.39, 0.29) is 24.6 Å². The van der Waals surface area contributed by atoms with Crippen LogP contribution in [-0.2, 0) is 44.2 Å². The minimum absolute atomic E-state index is 0.0387. The Hall–Kier alpha value is -3.29. The number of nitrogens with one attached hydrogen (secondary N) is 1. The van der Waals surface area contributed by atoms with Crippen LogP contribution in [0.3, 0.4) is 0 Å². The summed E-state index contributed by atoms with van der Waals surface area (Å²) in [5.41, 5.74) is 1.26. The maximum atomic E-state index is 14.7. The molecule has 7 N–H and O–H groups in total. The predicted molar refractivity (Wildman–Crippen MR) is 181 cm³/mol. The number of carbonyl (C=O) groups excluding carboxylic acids is 2. The number of rotatable bonds is 10. The molecule has 17 heteroatoms. The van der Waals surface area contributed by atoms with Crippen molar-refractivity contribution in [1.29, 1.82) is 0 Å². The molecule has 1 spiro atoms. The zero-order valence-corrected chi connectivity index (χ0v) is 29.5. The van der Waals surface area contributed by atoms with E-state index < -0.39 is 62.6 Å². The fourth-order valence-corrected chi connectivity index (χ4v) is 10.4. The number of hydrogen-bond donors (Lipinski definition) is 7. The third kappa shape index (κ3) is 6.61. The molecule has 0 saturated carbocycles. The second-order valence-electron chi connectivity index (χ2n) is 13.8. The molecule has 2 saturated heterocycles. The van der Waals surface area contributed by atoms with Crippen molar-refractivity contribution in [2.75, 3.05) is 16.8 Å². The van der Waals surface area contributed by atoms with Crippen LogP contribution in [0, 0.1) is 5.92 Å². The Kier molecular flexibility index (Phi) is 10.2. The molecule has 3 aliphatic rings. The van der Waals surface area contributed by atoms with Gasteiger partial charge >= 0.3 is 0 Å². The smallest absolute Gasteiger partial charge is 0.264 e. The number of aliphatic hydroxyl groups is 5. The van der Waals surface area contributed by atoms with Crippen LogP contribution in [0.5, 0.6) is 0 Å². The first-order valence-electron chi connectivity index (χ1n) is 16.4. The molecule has 2 fully saturated rings. The molecule has 0 unspecified atom stereocenters. The van der Waals surface area contributed by atoms with Crippen LogP contribution in [0.2, 0.25) is 23.7 Å². The highest BCUT2D eigenvalue weighted by atomic mass is 35.5. The summed E-state index contributed by atoms with van der Waals surface area (Å²) >= 11 is 6.51. The first-order valence-corrected chi connectivity index (χ1v) is 19.9. The van der Waals surface area contributed by atoms with E-state index in [4.69, 9.17) is 21.1 Å². The maximum Gasteiger partial charge on any atom is 0.264 e. The fraction of sp³-hybridized carbons (Fsp3) is 0.515. The number of benzene rings is 2. The fourth-order valence-electron chi connectivity index (χ4n) is 7.58. The van der Waals surface area contributed by atoms with Gasteiger partial charge in [-0.1, -0.05) is 35.9 Å². The molecule has 15 nitrogen and oxygen atoms in total. The molecular formula is C33H42ClN5O10Si. The number of hydrogen-bond acceptors (Lipinski definition) is 12. The van der Waals surface area contributed by atoms with Crippen LogP contribution >= 0.6 is 11.6 Å². The van der Waals surface area contributed by atoms with E-state index in [0.29, 0.717) is 47.0 Å². The van der Waals surface area contributed by atoms with Crippen molar-refractivity contribution in [3.8, 4) is 0 Å². The summed E-state index contributed by atoms with van der Waals surface area (Å²) in [6, 6.07) is 11.9. The topological polar surface area (TPSA) is 220 Å². The van der Waals surface area contributed by atoms with Gasteiger partial charge in [-0.3, -0.25) is 14.3 Å². The van der Waals surface area contributed by atoms with Crippen molar-refractivity contribution in [1.82, 2.24) is 15.0 Å². The lowest BCUT2D eigenvalue weighted by Gasteiger charge is -2.37. The van der Waals surface area contributed by atoms with Gasteiger partial charge in [0.25, 0.3) is 11.8 Å². The molecule has 0 aliphatic carbocycles. The van der Waals surface area contributed by atoms with Gasteiger partial charge in [0.05, 0.1) is 24.0 Å². The van der Waals surface area contributed by atoms with Gasteiger partial charge < -0.3 is 50.0 Å². The highest BCUT2D eigenvalue weighted by Crippen LogP contribution is 2.60. The summed E-state index contributed by atoms with van der Waals surface area (Å²) < 4.78 is 13.5. The molecule has 2 aromatic carbocycles. The summed E-state index contributed by atoms with van der Waals surface area (Å²) in [6.07, 6.45) is -6.64. The number of nitrogens with zero attached hydrogens (tertiary/aromatic N) is 4. The van der Waals surface area contributed by atoms with E-state index in [9.17, 15) is 39.9 Å². The van der Waals surface area contributed by atoms with Crippen LogP contribution in [-0.4, -0.2) is 109 Å². The predicted octanol–water partition coefficient (Wildman–Crippen LogP) is 0.640. The molecule has 3 aromatic rings. The van der Waals surface area contributed by atoms with Gasteiger partial charge in [-0.2, -0.15) is 0 Å². The Morgan fingerprint density at radius 2 is 1.80 bits per heavy atom. The number of halogens is 1. The standard InChI is InChI=1S/C33H42ClN5O10Si/c1-17-29(50(2,3)47)24(10-12-38-16-21(11-13-40)36-37-38)49-33(17)22-14-19(34)6-9-23(22)39(32(33)46)15-18-4-7-20(8-5-18)35-30(44)28-26(42)25(41)27(43)31(45)48-28/h4-9,14,16-17,24-29,31,40-43,45,47H,10-13,15H2,1-3H3,(H,35,44)/t17-,24+,25+,26+,27-,28+,29-,31-,33+/m1/s1. The largest absolute Gasteiger partial charge is 0.432 e. The summed E-state index contributed by atoms with van der Waals surface area (Å²) in [5, 5.41) is 60.1. The molecule has 9 atom stereocenters. The molecule has 50 heavy (non-hydrogen) atoms. The highest BCUT2D eigenvalue weighted by Gasteiger charge is 2.66. The molecule has 6 rings (SSSR count). The van der Waals surface area contributed by atoms with Crippen LogP contribution in [0.4, 0.5) is 11.4 Å². The average Bonchev–Trinajstić information content (AvgIpc) is 3.71. The second-order valence-corrected chi connectivity index (χ2v) is 18.2. The molecule has 1 aromatic heterocycles. The third-order valence-electron chi connectivity index (χ3n) is 9.95. The van der Waals surface area contributed by atoms with Crippen molar-refractivity contribution in [2.24, 2.45) is 5.92 Å². The second kappa shape index (κ2) is 14.0. The number of anilines is 2. The number of aryl methyl sites for hydroxylation is 1. The molecule has 4 heterocycles. The third-order valence-corrected chi connectivity index (χ3v) is 12.7. The van der Waals surface area contributed by atoms with Crippen molar-refractivity contribution >= 4 is 43.1 Å². The van der Waals surface area contributed by atoms with Crippen molar-refractivity contribution < 1.29 is 49.4 Å². The first kappa shape index (κ1) is 36.5. The van der Waals surface area contributed by atoms with Crippen LogP contribution < -0.4 is 10.2 Å². The van der Waals surface area contributed by atoms with E-state index in [1.807, 2.05) is 20.0 Å². The quantitative estimate of drug-likeness (QED) is 0.143. The van der Waals surface area contributed by atoms with Gasteiger partial charge in [-0.25, -0.2) is 0 Å². The van der Waals surface area contributed by atoms with E-state index in [1.165, 1.54) is 0 Å². The monoisotopic (exact) mass is 731 g/mol. The summed E-state index contributed by atoms with van der Waals surface area (Å²) in [5.74, 6) is -1.51. The minimum Gasteiger partial charge on any atom is -0.432 e. The molecule has 270 valence electrons. The Balaban J connectivity index is 1.22. The van der Waals surface area contributed by atoms with Gasteiger partial charge in [0.2, 0.25) is 0 Å². The highest BCUT2D eigenvalue weighted by molar-refractivity contribution is 6.71. The van der Waals surface area contributed by atoms with Crippen LogP contribution in [0.25, 0.3) is 0 Å². The van der Waals surface area contributed by atoms with Gasteiger partial charge in [0, 0.05) is 53.5 Å². The van der Waals surface area contributed by atoms with E-state index >= 15 is 0 Å². The number of fused-ring (bicyclic) bond motifs is 2. The number of carbonyl (C=O) groups is 2. The van der Waals surface area contributed by atoms with E-state index in [0.717, 1.165) is 5.56 Å². The lowest BCUT2D eigenvalue weighted by Crippen LogP contribution is -2.60.